The summed E-state index contributed by atoms with van der Waals surface area (Å²) in [6.45, 7) is -0.980. The van der Waals surface area contributed by atoms with Crippen LogP contribution in [0.15, 0.2) is 91.0 Å². The van der Waals surface area contributed by atoms with Crippen LogP contribution in [0, 0.1) is 0 Å². The first-order valence-corrected chi connectivity index (χ1v) is 20.5. The number of benzene rings is 3. The van der Waals surface area contributed by atoms with Gasteiger partial charge in [-0.25, -0.2) is 0 Å². The van der Waals surface area contributed by atoms with Crippen LogP contribution in [-0.4, -0.2) is 10.1 Å². The molecule has 10 fully saturated rings. The summed E-state index contributed by atoms with van der Waals surface area (Å²) < 4.78 is 1.52. The summed E-state index contributed by atoms with van der Waals surface area (Å²) in [6.07, 6.45) is 0. The molecular formula is C30H28FeNP. The van der Waals surface area contributed by atoms with Gasteiger partial charge in [0.25, 0.3) is 0 Å². The molecule has 4 unspecified atom stereocenters. The van der Waals surface area contributed by atoms with Crippen molar-refractivity contribution >= 4 is 24.2 Å². The van der Waals surface area contributed by atoms with Crippen LogP contribution in [0.4, 0.5) is 5.69 Å². The van der Waals surface area contributed by atoms with Gasteiger partial charge in [0.15, 0.2) is 0 Å². The number of nitrogens with one attached hydrogen (secondary N) is 1. The normalized spacial score (nSPS) is 70.1. The van der Waals surface area contributed by atoms with Crippen molar-refractivity contribution in [2.24, 2.45) is 0 Å². The van der Waals surface area contributed by atoms with E-state index in [1.54, 1.807) is 10.6 Å². The first-order valence-electron chi connectivity index (χ1n) is 13.0. The maximum absolute atomic E-state index is 4.19. The molecular weight excluding hydrogens is 461 g/mol. The third-order valence-electron chi connectivity index (χ3n) is 19.0. The number of rotatable bonds is 6. The molecule has 1 N–H and O–H groups in total. The first kappa shape index (κ1) is 15.4. The fourth-order valence-corrected chi connectivity index (χ4v) is 113. The Hall–Kier alpha value is -1.59. The van der Waals surface area contributed by atoms with Crippen LogP contribution in [-0.2, 0) is 6.51 Å². The van der Waals surface area contributed by atoms with Gasteiger partial charge in [-0.3, -0.25) is 0 Å². The molecule has 0 aromatic heterocycles. The van der Waals surface area contributed by atoms with Crippen molar-refractivity contribution < 1.29 is 6.51 Å². The average Bonchev–Trinajstić information content (AvgIpc) is 3.81. The van der Waals surface area contributed by atoms with E-state index in [0.717, 1.165) is 8.37 Å². The number of para-hydroxylation sites is 1. The van der Waals surface area contributed by atoms with Crippen LogP contribution >= 0.6 is 7.92 Å². The summed E-state index contributed by atoms with van der Waals surface area (Å²) in [7, 11) is -0.264. The molecule has 0 bridgehead atoms. The number of anilines is 1. The van der Waals surface area contributed by atoms with Gasteiger partial charge < -0.3 is 0 Å². The van der Waals surface area contributed by atoms with Crippen molar-refractivity contribution in [3.63, 3.8) is 0 Å². The first-order chi connectivity index (χ1) is 16.0. The van der Waals surface area contributed by atoms with Crippen LogP contribution in [0.5, 0.6) is 0 Å². The van der Waals surface area contributed by atoms with E-state index in [4.69, 9.17) is 0 Å². The zero-order valence-electron chi connectivity index (χ0n) is 18.7. The van der Waals surface area contributed by atoms with Crippen molar-refractivity contribution in [2.75, 3.05) is 5.32 Å². The Labute approximate surface area is 186 Å². The predicted molar refractivity (Wildman–Crippen MR) is 134 cm³/mol. The summed E-state index contributed by atoms with van der Waals surface area (Å²) in [6, 6.07) is 35.7. The third kappa shape index (κ3) is 0.328. The van der Waals surface area contributed by atoms with Crippen LogP contribution < -0.4 is 15.9 Å². The standard InChI is InChI=1S/C25H23NP.C5H5.Fe/c1-20(26-21-12-5-2-6-13-21)24-18-11-19-25(24)27(22-14-7-3-8-15-22)23-16-9-4-10-17-23;1-2-4-5-3-1;/h2-20,26H,1H3;1-5H;/t20-;;/m1../s1. The summed E-state index contributed by atoms with van der Waals surface area (Å²) in [5.41, 5.74) is 1.36. The van der Waals surface area contributed by atoms with Gasteiger partial charge in [0.05, 0.1) is 0 Å². The minimum absolute atomic E-state index is 0.264. The van der Waals surface area contributed by atoms with E-state index in [1.165, 1.54) is 44.2 Å². The molecule has 0 amide bonds. The molecule has 166 valence electrons. The molecule has 10 aliphatic heterocycles. The Bertz CT molecular complexity index is 1800. The number of hydrogen-bond donors (Lipinski definition) is 1. The predicted octanol–water partition coefficient (Wildman–Crippen LogP) is 7.29. The third-order valence-corrected chi connectivity index (χ3v) is 69.2. The zero-order valence-corrected chi connectivity index (χ0v) is 20.7. The van der Waals surface area contributed by atoms with Crippen LogP contribution in [0.1, 0.15) is 6.92 Å². The van der Waals surface area contributed by atoms with E-state index in [0.29, 0.717) is 6.04 Å². The second kappa shape index (κ2) is 2.16. The SMILES string of the molecule is C[C@@H](Nc1ccccc1)[C@@]12[CH]3[CH]4[CH]5[C]1(P(c1ccccc1)c1ccccc1)[Fe]45321678[CH]2[CH]1[CH]6[CH]7[CH]28. The second-order valence-electron chi connectivity index (χ2n) is 15.0. The van der Waals surface area contributed by atoms with Crippen LogP contribution in [0.3, 0.4) is 0 Å². The topological polar surface area (TPSA) is 12.0 Å². The van der Waals surface area contributed by atoms with E-state index in [2.05, 4.69) is 103 Å². The van der Waals surface area contributed by atoms with E-state index < -0.39 is 6.51 Å². The van der Waals surface area contributed by atoms with Crippen molar-refractivity contribution in [1.82, 2.24) is 0 Å². The number of fused-ring (bicyclic) bond motifs is 10. The summed E-state index contributed by atoms with van der Waals surface area (Å²) >= 11 is 0. The van der Waals surface area contributed by atoms with Gasteiger partial charge in [-0.15, -0.1) is 0 Å². The minimum atomic E-state index is -3.63. The molecule has 3 aromatic carbocycles. The molecule has 0 saturated carbocycles. The van der Waals surface area contributed by atoms with Gasteiger partial charge in [-0.05, 0) is 0 Å². The Morgan fingerprint density at radius 2 is 1.15 bits per heavy atom. The molecule has 6 atom stereocenters. The molecule has 3 heteroatoms. The van der Waals surface area contributed by atoms with Crippen molar-refractivity contribution in [3.8, 4) is 0 Å². The molecule has 10 aliphatic rings. The molecule has 10 heterocycles. The summed E-state index contributed by atoms with van der Waals surface area (Å²) in [4.78, 5) is 10.4. The average molecular weight is 489 g/mol. The molecule has 1 spiro atoms. The van der Waals surface area contributed by atoms with E-state index >= 15 is 0 Å². The molecule has 0 radical (unpaired) electrons. The number of hydrogen-bond acceptors (Lipinski definition) is 1. The van der Waals surface area contributed by atoms with Crippen molar-refractivity contribution in [2.45, 2.75) is 59.9 Å². The van der Waals surface area contributed by atoms with Crippen LogP contribution in [0.25, 0.3) is 0 Å². The zero-order chi connectivity index (χ0) is 21.1. The van der Waals surface area contributed by atoms with E-state index in [1.807, 2.05) is 0 Å². The second-order valence-corrected chi connectivity index (χ2v) is 41.1. The Morgan fingerprint density at radius 3 is 1.61 bits per heavy atom. The molecule has 13 rings (SSSR count). The fourth-order valence-electron chi connectivity index (χ4n) is 21.1. The quantitative estimate of drug-likeness (QED) is 0.283. The Balaban J connectivity index is 1.15. The Kier molecular flexibility index (Phi) is 1.01. The van der Waals surface area contributed by atoms with Gasteiger partial charge in [0.2, 0.25) is 0 Å². The van der Waals surface area contributed by atoms with Crippen molar-refractivity contribution in [3.05, 3.63) is 91.0 Å². The molecule has 3 aromatic rings. The molecule has 33 heavy (non-hydrogen) atoms. The summed E-state index contributed by atoms with van der Waals surface area (Å²) in [5, 5.41) is 7.60. The summed E-state index contributed by atoms with van der Waals surface area (Å²) in [5.74, 6) is 0. The Morgan fingerprint density at radius 1 is 0.667 bits per heavy atom. The molecule has 0 aliphatic carbocycles. The van der Waals surface area contributed by atoms with Gasteiger partial charge in [-0.2, -0.15) is 0 Å². The maximum atomic E-state index is 4.19. The van der Waals surface area contributed by atoms with Gasteiger partial charge in [0, 0.05) is 0 Å². The van der Waals surface area contributed by atoms with E-state index in [9.17, 15) is 0 Å². The van der Waals surface area contributed by atoms with Crippen LogP contribution in [0.2, 0.25) is 42.8 Å². The van der Waals surface area contributed by atoms with Gasteiger partial charge >= 0.3 is 187 Å². The fraction of sp³-hybridized carbons (Fsp3) is 0.400. The van der Waals surface area contributed by atoms with Gasteiger partial charge in [-0.1, -0.05) is 0 Å². The van der Waals surface area contributed by atoms with Gasteiger partial charge in [0.1, 0.15) is 0 Å². The molecule has 1 nitrogen and oxygen atoms in total. The molecule has 10 saturated heterocycles. The van der Waals surface area contributed by atoms with E-state index in [-0.39, 0.29) is 7.92 Å². The monoisotopic (exact) mass is 489 g/mol. The van der Waals surface area contributed by atoms with Crippen molar-refractivity contribution in [1.29, 1.82) is 0 Å².